The lowest BCUT2D eigenvalue weighted by Crippen LogP contribution is -2.35. The average Bonchev–Trinajstić information content (AvgIpc) is 2.59. The van der Waals surface area contributed by atoms with Crippen molar-refractivity contribution in [3.05, 3.63) is 35.9 Å². The third-order valence-corrected chi connectivity index (χ3v) is 4.80. The highest BCUT2D eigenvalue weighted by atomic mass is 16.5. The Morgan fingerprint density at radius 2 is 1.68 bits per heavy atom. The van der Waals surface area contributed by atoms with E-state index >= 15 is 0 Å². The van der Waals surface area contributed by atoms with E-state index in [9.17, 15) is 0 Å². The van der Waals surface area contributed by atoms with Crippen molar-refractivity contribution in [1.82, 2.24) is 4.90 Å². The van der Waals surface area contributed by atoms with E-state index < -0.39 is 0 Å². The van der Waals surface area contributed by atoms with Gasteiger partial charge in [-0.3, -0.25) is 0 Å². The fourth-order valence-electron chi connectivity index (χ4n) is 2.69. The lowest BCUT2D eigenvalue weighted by molar-refractivity contribution is -0.0884. The monoisotopic (exact) mass is 351 g/mol. The molecule has 1 rings (SSSR count). The van der Waals surface area contributed by atoms with E-state index in [1.54, 1.807) is 0 Å². The molecule has 1 unspecified atom stereocenters. The Hall–Kier alpha value is -0.940. The molecule has 25 heavy (non-hydrogen) atoms. The zero-order valence-electron chi connectivity index (χ0n) is 16.8. The van der Waals surface area contributed by atoms with Crippen molar-refractivity contribution in [2.45, 2.75) is 64.7 Å². The Labute approximate surface area is 154 Å². The first kappa shape index (κ1) is 22.1. The molecule has 0 aliphatic carbocycles. The second kappa shape index (κ2) is 10.9. The highest BCUT2D eigenvalue weighted by molar-refractivity contribution is 5.14. The highest BCUT2D eigenvalue weighted by Crippen LogP contribution is 2.23. The van der Waals surface area contributed by atoms with Crippen LogP contribution in [0.1, 0.15) is 52.5 Å². The molecule has 0 bridgehead atoms. The number of nitrogens with zero attached hydrogens (tertiary/aromatic N) is 1. The summed E-state index contributed by atoms with van der Waals surface area (Å²) in [4.78, 5) is 2.35. The second-order valence-electron chi connectivity index (χ2n) is 7.71. The van der Waals surface area contributed by atoms with Gasteiger partial charge in [0.1, 0.15) is 0 Å². The number of rotatable bonds is 13. The lowest BCUT2D eigenvalue weighted by Gasteiger charge is -2.33. The molecular formula is C21H37NO3. The molecule has 1 aromatic rings. The maximum absolute atomic E-state index is 8.89. The maximum atomic E-state index is 8.89. The van der Waals surface area contributed by atoms with E-state index in [0.717, 1.165) is 32.4 Å². The molecule has 0 aliphatic heterocycles. The van der Waals surface area contributed by atoms with Crippen molar-refractivity contribution >= 4 is 0 Å². The summed E-state index contributed by atoms with van der Waals surface area (Å²) >= 11 is 0. The minimum absolute atomic E-state index is 0.0602. The van der Waals surface area contributed by atoms with E-state index in [2.05, 4.69) is 56.1 Å². The molecule has 1 N–H and O–H groups in total. The first-order valence-electron chi connectivity index (χ1n) is 9.41. The van der Waals surface area contributed by atoms with Crippen molar-refractivity contribution in [3.8, 4) is 0 Å². The van der Waals surface area contributed by atoms with Crippen molar-refractivity contribution in [2.75, 3.05) is 33.4 Å². The van der Waals surface area contributed by atoms with E-state index in [1.807, 2.05) is 13.8 Å². The summed E-state index contributed by atoms with van der Waals surface area (Å²) in [5.41, 5.74) is 0.964. The average molecular weight is 352 g/mol. The number of aliphatic hydroxyl groups excluding tert-OH is 1. The van der Waals surface area contributed by atoms with Gasteiger partial charge in [-0.25, -0.2) is 0 Å². The summed E-state index contributed by atoms with van der Waals surface area (Å²) in [7, 11) is 2.16. The highest BCUT2D eigenvalue weighted by Gasteiger charge is 2.25. The van der Waals surface area contributed by atoms with Gasteiger partial charge in [-0.2, -0.15) is 0 Å². The van der Waals surface area contributed by atoms with Crippen LogP contribution in [0.5, 0.6) is 0 Å². The molecule has 144 valence electrons. The van der Waals surface area contributed by atoms with E-state index in [0.29, 0.717) is 13.2 Å². The van der Waals surface area contributed by atoms with Crippen LogP contribution in [0.15, 0.2) is 30.3 Å². The van der Waals surface area contributed by atoms with Gasteiger partial charge in [0.2, 0.25) is 0 Å². The molecule has 0 fully saturated rings. The summed E-state index contributed by atoms with van der Waals surface area (Å²) in [5.74, 6) is 0. The molecule has 4 nitrogen and oxygen atoms in total. The predicted molar refractivity (Wildman–Crippen MR) is 104 cm³/mol. The summed E-state index contributed by atoms with van der Waals surface area (Å²) in [5, 5.41) is 8.89. The van der Waals surface area contributed by atoms with E-state index in [1.165, 1.54) is 5.56 Å². The fraction of sp³-hybridized carbons (Fsp3) is 0.714. The molecule has 0 amide bonds. The molecule has 0 aromatic heterocycles. The molecule has 0 heterocycles. The summed E-state index contributed by atoms with van der Waals surface area (Å²) in [6.07, 6.45) is 2.82. The Bertz CT molecular complexity index is 463. The van der Waals surface area contributed by atoms with Crippen molar-refractivity contribution < 1.29 is 14.6 Å². The van der Waals surface area contributed by atoms with Crippen LogP contribution in [0.2, 0.25) is 0 Å². The molecule has 0 aliphatic rings. The van der Waals surface area contributed by atoms with Crippen LogP contribution in [0, 0.1) is 0 Å². The zero-order valence-corrected chi connectivity index (χ0v) is 16.8. The van der Waals surface area contributed by atoms with Gasteiger partial charge in [0.25, 0.3) is 0 Å². The van der Waals surface area contributed by atoms with Crippen LogP contribution in [0.3, 0.4) is 0 Å². The van der Waals surface area contributed by atoms with Gasteiger partial charge >= 0.3 is 0 Å². The zero-order chi connectivity index (χ0) is 18.8. The van der Waals surface area contributed by atoms with Crippen molar-refractivity contribution in [1.29, 1.82) is 0 Å². The number of hydrogen-bond donors (Lipinski definition) is 1. The Morgan fingerprint density at radius 1 is 1.00 bits per heavy atom. The van der Waals surface area contributed by atoms with Crippen LogP contribution in [-0.4, -0.2) is 54.6 Å². The van der Waals surface area contributed by atoms with Gasteiger partial charge in [0, 0.05) is 13.1 Å². The van der Waals surface area contributed by atoms with Gasteiger partial charge in [0.15, 0.2) is 0 Å². The second-order valence-corrected chi connectivity index (χ2v) is 7.71. The van der Waals surface area contributed by atoms with Gasteiger partial charge in [-0.15, -0.1) is 0 Å². The number of benzene rings is 1. The largest absolute Gasteiger partial charge is 0.394 e. The summed E-state index contributed by atoms with van der Waals surface area (Å²) in [6, 6.07) is 10.6. The van der Waals surface area contributed by atoms with Crippen LogP contribution in [-0.2, 0) is 16.0 Å². The first-order chi connectivity index (χ1) is 11.8. The van der Waals surface area contributed by atoms with E-state index in [4.69, 9.17) is 14.6 Å². The lowest BCUT2D eigenvalue weighted by atomic mass is 9.98. The molecule has 4 heteroatoms. The van der Waals surface area contributed by atoms with Gasteiger partial charge in [0.05, 0.1) is 31.0 Å². The van der Waals surface area contributed by atoms with Gasteiger partial charge in [-0.05, 0) is 52.6 Å². The maximum Gasteiger partial charge on any atom is 0.0705 e. The van der Waals surface area contributed by atoms with Crippen molar-refractivity contribution in [3.63, 3.8) is 0 Å². The minimum atomic E-state index is -0.262. The molecule has 0 saturated carbocycles. The summed E-state index contributed by atoms with van der Waals surface area (Å²) < 4.78 is 11.9. The van der Waals surface area contributed by atoms with Crippen LogP contribution in [0.4, 0.5) is 0 Å². The van der Waals surface area contributed by atoms with Crippen LogP contribution in [0.25, 0.3) is 0 Å². The van der Waals surface area contributed by atoms with Crippen LogP contribution >= 0.6 is 0 Å². The number of ether oxygens (including phenoxy) is 2. The predicted octanol–water partition coefficient (Wildman–Crippen LogP) is 3.87. The Kier molecular flexibility index (Phi) is 9.65. The van der Waals surface area contributed by atoms with Crippen LogP contribution < -0.4 is 0 Å². The molecule has 0 radical (unpaired) electrons. The molecular weight excluding hydrogens is 314 g/mol. The minimum Gasteiger partial charge on any atom is -0.394 e. The Balaban J connectivity index is 2.37. The quantitative estimate of drug-likeness (QED) is 0.586. The molecule has 0 spiro atoms. The fourth-order valence-corrected chi connectivity index (χ4v) is 2.69. The topological polar surface area (TPSA) is 41.9 Å². The Morgan fingerprint density at radius 3 is 2.28 bits per heavy atom. The van der Waals surface area contributed by atoms with Crippen molar-refractivity contribution in [2.24, 2.45) is 0 Å². The summed E-state index contributed by atoms with van der Waals surface area (Å²) in [6.45, 7) is 11.5. The third-order valence-electron chi connectivity index (χ3n) is 4.80. The SMILES string of the molecule is CCC(C)(CCN(C)Cc1ccccc1)OCCC(C)(C)OCCO. The van der Waals surface area contributed by atoms with Gasteiger partial charge in [-0.1, -0.05) is 37.3 Å². The van der Waals surface area contributed by atoms with Gasteiger partial charge < -0.3 is 19.5 Å². The molecule has 1 aromatic carbocycles. The molecule has 0 saturated heterocycles. The van der Waals surface area contributed by atoms with E-state index in [-0.39, 0.29) is 17.8 Å². The first-order valence-corrected chi connectivity index (χ1v) is 9.41. The number of hydrogen-bond acceptors (Lipinski definition) is 4. The smallest absolute Gasteiger partial charge is 0.0705 e. The molecule has 1 atom stereocenters. The number of aliphatic hydroxyl groups is 1. The third kappa shape index (κ3) is 9.36. The standard InChI is InChI=1S/C21H37NO3/c1-6-21(4,25-16-13-20(2,3)24-17-15-23)12-14-22(5)18-19-10-8-7-9-11-19/h7-11,23H,6,12-18H2,1-5H3. The normalized spacial score (nSPS) is 14.7.